The van der Waals surface area contributed by atoms with E-state index in [2.05, 4.69) is 0 Å². The van der Waals surface area contributed by atoms with Gasteiger partial charge in [-0.15, -0.1) is 5.06 Å². The van der Waals surface area contributed by atoms with Crippen molar-refractivity contribution < 1.29 is 52.4 Å². The van der Waals surface area contributed by atoms with Gasteiger partial charge in [0.1, 0.15) is 0 Å². The maximum atomic E-state index is 14.3. The van der Waals surface area contributed by atoms with E-state index in [9.17, 15) is 14.4 Å². The molecule has 12 nitrogen and oxygen atoms in total. The maximum Gasteiger partial charge on any atom is 0.343 e. The van der Waals surface area contributed by atoms with Crippen LogP contribution in [0.4, 0.5) is 0 Å². The molecule has 0 saturated carbocycles. The number of hydroxylamine groups is 2. The number of imide groups is 1. The molecule has 0 saturated heterocycles. The Bertz CT molecular complexity index is 1660. The van der Waals surface area contributed by atoms with Crippen molar-refractivity contribution in [2.75, 3.05) is 54.2 Å². The van der Waals surface area contributed by atoms with Gasteiger partial charge in [-0.05, 0) is 35.4 Å². The van der Waals surface area contributed by atoms with E-state index in [0.29, 0.717) is 29.4 Å². The first-order valence-electron chi connectivity index (χ1n) is 15.6. The highest BCUT2D eigenvalue weighted by molar-refractivity contribution is 6.32. The molecule has 0 N–H and O–H groups in total. The number of hydrogen-bond donors (Lipinski definition) is 0. The summed E-state index contributed by atoms with van der Waals surface area (Å²) < 4.78 is 38.7. The SMILES string of the molecule is COCCOCOc1cc(C(ON2C(=O)c3ccccc3C2=O)C(=O)OC(c2ccccc2)c2ccccc2)cc(Cl)c1OCOCCOC. The van der Waals surface area contributed by atoms with Crippen LogP contribution in [0.1, 0.15) is 49.6 Å². The summed E-state index contributed by atoms with van der Waals surface area (Å²) in [5, 5.41) is 0.559. The number of esters is 1. The number of carbonyl (C=O) groups is 3. The Hall–Kier alpha value is -4.82. The molecule has 1 unspecified atom stereocenters. The van der Waals surface area contributed by atoms with Crippen molar-refractivity contribution in [3.8, 4) is 11.5 Å². The summed E-state index contributed by atoms with van der Waals surface area (Å²) in [5.74, 6) is -2.26. The van der Waals surface area contributed by atoms with Gasteiger partial charge in [-0.1, -0.05) is 84.4 Å². The zero-order valence-electron chi connectivity index (χ0n) is 27.5. The van der Waals surface area contributed by atoms with Gasteiger partial charge in [0.05, 0.1) is 42.6 Å². The van der Waals surface area contributed by atoms with E-state index >= 15 is 0 Å². The number of fused-ring (bicyclic) bond motifs is 1. The summed E-state index contributed by atoms with van der Waals surface area (Å²) in [6, 6.07) is 27.3. The third-order valence-electron chi connectivity index (χ3n) is 7.40. The molecule has 0 bridgehead atoms. The maximum absolute atomic E-state index is 14.3. The van der Waals surface area contributed by atoms with E-state index in [1.54, 1.807) is 19.2 Å². The number of carbonyl (C=O) groups excluding carboxylic acids is 3. The zero-order chi connectivity index (χ0) is 35.3. The first kappa shape index (κ1) is 36.5. The Labute approximate surface area is 294 Å². The van der Waals surface area contributed by atoms with Crippen LogP contribution in [-0.4, -0.2) is 77.1 Å². The molecular weight excluding hydrogens is 670 g/mol. The number of amides is 2. The van der Waals surface area contributed by atoms with Gasteiger partial charge in [0.15, 0.2) is 31.2 Å². The van der Waals surface area contributed by atoms with Crippen molar-refractivity contribution in [1.29, 1.82) is 0 Å². The van der Waals surface area contributed by atoms with Gasteiger partial charge in [0.2, 0.25) is 6.10 Å². The van der Waals surface area contributed by atoms with Crippen molar-refractivity contribution in [2.45, 2.75) is 12.2 Å². The summed E-state index contributed by atoms with van der Waals surface area (Å²) in [6.07, 6.45) is -2.56. The topological polar surface area (TPSA) is 128 Å². The predicted octanol–water partition coefficient (Wildman–Crippen LogP) is 5.94. The summed E-state index contributed by atoms with van der Waals surface area (Å²) >= 11 is 6.73. The van der Waals surface area contributed by atoms with Gasteiger partial charge in [-0.3, -0.25) is 9.59 Å². The molecule has 13 heteroatoms. The average molecular weight is 706 g/mol. The van der Waals surface area contributed by atoms with Crippen LogP contribution >= 0.6 is 11.6 Å². The lowest BCUT2D eigenvalue weighted by molar-refractivity contribution is -0.185. The van der Waals surface area contributed by atoms with Gasteiger partial charge in [-0.2, -0.15) is 0 Å². The number of benzene rings is 4. The Morgan fingerprint density at radius 1 is 0.680 bits per heavy atom. The molecule has 0 fully saturated rings. The lowest BCUT2D eigenvalue weighted by Gasteiger charge is -2.26. The monoisotopic (exact) mass is 705 g/mol. The molecule has 1 aliphatic rings. The molecule has 2 amide bonds. The first-order chi connectivity index (χ1) is 24.4. The van der Waals surface area contributed by atoms with Crippen molar-refractivity contribution in [2.24, 2.45) is 0 Å². The van der Waals surface area contributed by atoms with E-state index in [1.165, 1.54) is 31.4 Å². The first-order valence-corrected chi connectivity index (χ1v) is 16.0. The van der Waals surface area contributed by atoms with E-state index < -0.39 is 30.0 Å². The van der Waals surface area contributed by atoms with Gasteiger partial charge < -0.3 is 33.2 Å². The quantitative estimate of drug-likeness (QED) is 0.0498. The van der Waals surface area contributed by atoms with Crippen LogP contribution in [0, 0.1) is 0 Å². The Morgan fingerprint density at radius 2 is 1.20 bits per heavy atom. The zero-order valence-corrected chi connectivity index (χ0v) is 28.2. The number of hydrogen-bond acceptors (Lipinski definition) is 11. The highest BCUT2D eigenvalue weighted by Crippen LogP contribution is 2.41. The molecule has 0 aliphatic carbocycles. The van der Waals surface area contributed by atoms with Crippen molar-refractivity contribution in [3.63, 3.8) is 0 Å². The second-order valence-electron chi connectivity index (χ2n) is 10.7. The van der Waals surface area contributed by atoms with Gasteiger partial charge in [0, 0.05) is 19.8 Å². The van der Waals surface area contributed by atoms with E-state index in [-0.39, 0.29) is 60.0 Å². The lowest BCUT2D eigenvalue weighted by atomic mass is 10.0. The molecule has 4 aromatic rings. The number of halogens is 1. The molecule has 262 valence electrons. The summed E-state index contributed by atoms with van der Waals surface area (Å²) in [5.41, 5.74) is 1.71. The van der Waals surface area contributed by atoms with Crippen LogP contribution in [0.3, 0.4) is 0 Å². The fourth-order valence-corrected chi connectivity index (χ4v) is 5.24. The number of ether oxygens (including phenoxy) is 7. The van der Waals surface area contributed by atoms with E-state index in [1.807, 2.05) is 60.7 Å². The third kappa shape index (κ3) is 9.04. The highest BCUT2D eigenvalue weighted by Gasteiger charge is 2.41. The smallest absolute Gasteiger partial charge is 0.343 e. The minimum Gasteiger partial charge on any atom is -0.464 e. The van der Waals surface area contributed by atoms with Crippen molar-refractivity contribution in [3.05, 3.63) is 130 Å². The average Bonchev–Trinajstić information content (AvgIpc) is 3.38. The van der Waals surface area contributed by atoms with Gasteiger partial charge >= 0.3 is 5.97 Å². The van der Waals surface area contributed by atoms with Crippen LogP contribution in [0.25, 0.3) is 0 Å². The molecule has 1 heterocycles. The van der Waals surface area contributed by atoms with Crippen LogP contribution < -0.4 is 9.47 Å². The molecule has 5 rings (SSSR count). The molecule has 0 radical (unpaired) electrons. The third-order valence-corrected chi connectivity index (χ3v) is 7.68. The summed E-state index contributed by atoms with van der Waals surface area (Å²) in [6.45, 7) is 0.733. The fraction of sp³-hybridized carbons (Fsp3) is 0.270. The summed E-state index contributed by atoms with van der Waals surface area (Å²) in [7, 11) is 3.08. The fourth-order valence-electron chi connectivity index (χ4n) is 4.97. The molecule has 1 atom stereocenters. The molecule has 4 aromatic carbocycles. The Morgan fingerprint density at radius 3 is 1.74 bits per heavy atom. The number of methoxy groups -OCH3 is 2. The largest absolute Gasteiger partial charge is 0.464 e. The highest BCUT2D eigenvalue weighted by atomic mass is 35.5. The van der Waals surface area contributed by atoms with Crippen LogP contribution in [0.5, 0.6) is 11.5 Å². The number of rotatable bonds is 19. The number of nitrogens with zero attached hydrogens (tertiary/aromatic N) is 1. The van der Waals surface area contributed by atoms with E-state index in [0.717, 1.165) is 0 Å². The van der Waals surface area contributed by atoms with E-state index in [4.69, 9.17) is 49.6 Å². The standard InChI is InChI=1S/C37H36ClNO11/c1-43-17-19-45-23-47-31-22-27(21-30(38)34(31)48-24-46-20-18-44-2)33(50-39-35(40)28-15-9-10-16-29(28)36(39)41)37(42)49-32(25-11-5-3-6-12-25)26-13-7-4-8-14-26/h3-16,21-22,32-33H,17-20,23-24H2,1-2H3. The second-order valence-corrected chi connectivity index (χ2v) is 11.1. The second kappa shape index (κ2) is 18.3. The molecule has 1 aliphatic heterocycles. The Balaban J connectivity index is 1.52. The minimum absolute atomic E-state index is 0.0103. The van der Waals surface area contributed by atoms with Crippen LogP contribution in [0.2, 0.25) is 5.02 Å². The normalized spacial score (nSPS) is 13.0. The Kier molecular flexibility index (Phi) is 13.3. The predicted molar refractivity (Wildman–Crippen MR) is 180 cm³/mol. The van der Waals surface area contributed by atoms with Gasteiger partial charge in [0.25, 0.3) is 11.8 Å². The van der Waals surface area contributed by atoms with Gasteiger partial charge in [-0.25, -0.2) is 9.63 Å². The minimum atomic E-state index is -1.69. The molecule has 0 aromatic heterocycles. The lowest BCUT2D eigenvalue weighted by Crippen LogP contribution is -2.35. The van der Waals surface area contributed by atoms with Crippen molar-refractivity contribution in [1.82, 2.24) is 5.06 Å². The molecule has 50 heavy (non-hydrogen) atoms. The molecule has 0 spiro atoms. The van der Waals surface area contributed by atoms with Crippen LogP contribution in [0.15, 0.2) is 97.1 Å². The van der Waals surface area contributed by atoms with Crippen molar-refractivity contribution >= 4 is 29.4 Å². The van der Waals surface area contributed by atoms with Crippen LogP contribution in [-0.2, 0) is 33.3 Å². The molecular formula is C37H36ClNO11. The summed E-state index contributed by atoms with van der Waals surface area (Å²) in [4.78, 5) is 47.1.